The number of aliphatic imine (C=N–C) groups is 1. The molecule has 2 heterocycles. The summed E-state index contributed by atoms with van der Waals surface area (Å²) in [5.74, 6) is 2.20. The van der Waals surface area contributed by atoms with Gasteiger partial charge in [0.05, 0.1) is 11.1 Å². The summed E-state index contributed by atoms with van der Waals surface area (Å²) in [6.07, 6.45) is 1.30. The number of halogens is 1. The van der Waals surface area contributed by atoms with E-state index in [1.165, 1.54) is 0 Å². The fourth-order valence-electron chi connectivity index (χ4n) is 2.96. The summed E-state index contributed by atoms with van der Waals surface area (Å²) in [5, 5.41) is 13.6. The van der Waals surface area contributed by atoms with Gasteiger partial charge in [0.25, 0.3) is 0 Å². The minimum Gasteiger partial charge on any atom is -0.486 e. The highest BCUT2D eigenvalue weighted by atomic mass is 35.5. The number of β-amino-alcohol motifs (C(OH)–C–C–N with tert-alkyl or cyclic N) is 1. The third kappa shape index (κ3) is 4.05. The zero-order valence-corrected chi connectivity index (χ0v) is 14.7. The maximum atomic E-state index is 9.70. The zero-order valence-electron chi connectivity index (χ0n) is 13.9. The number of hydrogen-bond acceptors (Lipinski definition) is 4. The molecule has 1 saturated heterocycles. The van der Waals surface area contributed by atoms with Crippen LogP contribution in [0.25, 0.3) is 0 Å². The van der Waals surface area contributed by atoms with Crippen molar-refractivity contribution in [3.05, 3.63) is 22.7 Å². The SMILES string of the molecule is CCNC(=NCCc1cc(Cl)c2c(c1)OCCO2)N1CC[C@@H](O)C1. The Kier molecular flexibility index (Phi) is 5.68. The first kappa shape index (κ1) is 17.2. The van der Waals surface area contributed by atoms with Crippen LogP contribution in [0.15, 0.2) is 17.1 Å². The maximum Gasteiger partial charge on any atom is 0.194 e. The first-order valence-corrected chi connectivity index (χ1v) is 8.84. The van der Waals surface area contributed by atoms with E-state index < -0.39 is 0 Å². The van der Waals surface area contributed by atoms with Crippen LogP contribution in [0.2, 0.25) is 5.02 Å². The van der Waals surface area contributed by atoms with E-state index in [1.807, 2.05) is 19.1 Å². The number of guanidine groups is 1. The molecule has 2 N–H and O–H groups in total. The highest BCUT2D eigenvalue weighted by Crippen LogP contribution is 2.38. The Morgan fingerprint density at radius 3 is 3.00 bits per heavy atom. The van der Waals surface area contributed by atoms with Crippen LogP contribution in [0, 0.1) is 0 Å². The predicted octanol–water partition coefficient (Wildman–Crippen LogP) is 1.69. The highest BCUT2D eigenvalue weighted by Gasteiger charge is 2.22. The molecule has 0 aromatic heterocycles. The van der Waals surface area contributed by atoms with E-state index in [2.05, 4.69) is 15.2 Å². The largest absolute Gasteiger partial charge is 0.486 e. The van der Waals surface area contributed by atoms with Crippen LogP contribution in [0.5, 0.6) is 11.5 Å². The average Bonchev–Trinajstić information content (AvgIpc) is 3.00. The molecule has 1 atom stereocenters. The van der Waals surface area contributed by atoms with Crippen molar-refractivity contribution >= 4 is 17.6 Å². The molecule has 132 valence electrons. The Morgan fingerprint density at radius 1 is 1.42 bits per heavy atom. The number of aliphatic hydroxyl groups excluding tert-OH is 1. The van der Waals surface area contributed by atoms with Crippen LogP contribution in [-0.4, -0.2) is 61.5 Å². The first-order chi connectivity index (χ1) is 11.7. The Bertz CT molecular complexity index is 609. The molecule has 0 saturated carbocycles. The van der Waals surface area contributed by atoms with Crippen LogP contribution in [0.1, 0.15) is 18.9 Å². The molecule has 2 aliphatic heterocycles. The lowest BCUT2D eigenvalue weighted by Gasteiger charge is -2.21. The molecular formula is C17H24ClN3O3. The van der Waals surface area contributed by atoms with Gasteiger partial charge in [0.2, 0.25) is 0 Å². The molecule has 0 aliphatic carbocycles. The van der Waals surface area contributed by atoms with Crippen LogP contribution < -0.4 is 14.8 Å². The van der Waals surface area contributed by atoms with Crippen molar-refractivity contribution in [2.45, 2.75) is 25.9 Å². The summed E-state index contributed by atoms with van der Waals surface area (Å²) in [4.78, 5) is 6.77. The number of aliphatic hydroxyl groups is 1. The Labute approximate surface area is 147 Å². The van der Waals surface area contributed by atoms with Crippen molar-refractivity contribution in [1.82, 2.24) is 10.2 Å². The van der Waals surface area contributed by atoms with Gasteiger partial charge in [-0.1, -0.05) is 11.6 Å². The molecule has 1 aromatic carbocycles. The van der Waals surface area contributed by atoms with Crippen molar-refractivity contribution in [3.63, 3.8) is 0 Å². The molecule has 2 aliphatic rings. The summed E-state index contributed by atoms with van der Waals surface area (Å²) in [5.41, 5.74) is 1.07. The van der Waals surface area contributed by atoms with E-state index in [4.69, 9.17) is 21.1 Å². The summed E-state index contributed by atoms with van der Waals surface area (Å²) in [6, 6.07) is 3.89. The molecule has 0 unspecified atom stereocenters. The molecule has 6 nitrogen and oxygen atoms in total. The lowest BCUT2D eigenvalue weighted by molar-refractivity contribution is 0.171. The lowest BCUT2D eigenvalue weighted by atomic mass is 10.1. The van der Waals surface area contributed by atoms with E-state index >= 15 is 0 Å². The van der Waals surface area contributed by atoms with Gasteiger partial charge in [0, 0.05) is 26.2 Å². The van der Waals surface area contributed by atoms with Crippen molar-refractivity contribution in [3.8, 4) is 11.5 Å². The highest BCUT2D eigenvalue weighted by molar-refractivity contribution is 6.32. The quantitative estimate of drug-likeness (QED) is 0.637. The average molecular weight is 354 g/mol. The summed E-state index contributed by atoms with van der Waals surface area (Å²) < 4.78 is 11.1. The van der Waals surface area contributed by atoms with Crippen LogP contribution in [0.3, 0.4) is 0 Å². The van der Waals surface area contributed by atoms with Crippen LogP contribution >= 0.6 is 11.6 Å². The van der Waals surface area contributed by atoms with E-state index in [0.29, 0.717) is 42.8 Å². The van der Waals surface area contributed by atoms with Crippen molar-refractivity contribution in [2.24, 2.45) is 4.99 Å². The fourth-order valence-corrected chi connectivity index (χ4v) is 3.25. The van der Waals surface area contributed by atoms with Crippen molar-refractivity contribution in [1.29, 1.82) is 0 Å². The Morgan fingerprint density at radius 2 is 2.25 bits per heavy atom. The minimum atomic E-state index is -0.259. The molecule has 0 bridgehead atoms. The molecule has 0 spiro atoms. The van der Waals surface area contributed by atoms with Gasteiger partial charge in [-0.15, -0.1) is 0 Å². The number of nitrogens with zero attached hydrogens (tertiary/aromatic N) is 2. The van der Waals surface area contributed by atoms with E-state index in [0.717, 1.165) is 37.5 Å². The van der Waals surface area contributed by atoms with Gasteiger partial charge in [-0.2, -0.15) is 0 Å². The Balaban J connectivity index is 1.64. The summed E-state index contributed by atoms with van der Waals surface area (Å²) in [6.45, 7) is 6.05. The van der Waals surface area contributed by atoms with Gasteiger partial charge in [-0.05, 0) is 37.5 Å². The predicted molar refractivity (Wildman–Crippen MR) is 94.3 cm³/mol. The molecule has 7 heteroatoms. The normalized spacial score (nSPS) is 20.4. The lowest BCUT2D eigenvalue weighted by Crippen LogP contribution is -2.40. The maximum absolute atomic E-state index is 9.70. The monoisotopic (exact) mass is 353 g/mol. The van der Waals surface area contributed by atoms with Gasteiger partial charge in [0.1, 0.15) is 13.2 Å². The third-order valence-electron chi connectivity index (χ3n) is 4.12. The minimum absolute atomic E-state index is 0.259. The fraction of sp³-hybridized carbons (Fsp3) is 0.588. The second-order valence-electron chi connectivity index (χ2n) is 5.98. The number of benzene rings is 1. The van der Waals surface area contributed by atoms with Gasteiger partial charge in [0.15, 0.2) is 17.5 Å². The van der Waals surface area contributed by atoms with Crippen molar-refractivity contribution in [2.75, 3.05) is 39.4 Å². The van der Waals surface area contributed by atoms with E-state index in [9.17, 15) is 5.11 Å². The molecule has 0 radical (unpaired) electrons. The number of hydrogen-bond donors (Lipinski definition) is 2. The second-order valence-corrected chi connectivity index (χ2v) is 6.38. The summed E-state index contributed by atoms with van der Waals surface area (Å²) >= 11 is 6.27. The molecule has 1 aromatic rings. The summed E-state index contributed by atoms with van der Waals surface area (Å²) in [7, 11) is 0. The number of nitrogens with one attached hydrogen (secondary N) is 1. The van der Waals surface area contributed by atoms with Gasteiger partial charge < -0.3 is 24.8 Å². The van der Waals surface area contributed by atoms with E-state index in [1.54, 1.807) is 0 Å². The van der Waals surface area contributed by atoms with Gasteiger partial charge in [-0.3, -0.25) is 4.99 Å². The van der Waals surface area contributed by atoms with Crippen LogP contribution in [-0.2, 0) is 6.42 Å². The molecule has 0 amide bonds. The number of fused-ring (bicyclic) bond motifs is 1. The topological polar surface area (TPSA) is 66.3 Å². The first-order valence-electron chi connectivity index (χ1n) is 8.46. The third-order valence-corrected chi connectivity index (χ3v) is 4.40. The molecule has 24 heavy (non-hydrogen) atoms. The van der Waals surface area contributed by atoms with Crippen molar-refractivity contribution < 1.29 is 14.6 Å². The Hall–Kier alpha value is -1.66. The molecular weight excluding hydrogens is 330 g/mol. The zero-order chi connectivity index (χ0) is 16.9. The number of rotatable bonds is 4. The number of ether oxygens (including phenoxy) is 2. The van der Waals surface area contributed by atoms with Crippen LogP contribution in [0.4, 0.5) is 0 Å². The van der Waals surface area contributed by atoms with E-state index in [-0.39, 0.29) is 6.10 Å². The molecule has 1 fully saturated rings. The standard InChI is InChI=1S/C17H24ClN3O3/c1-2-19-17(21-6-4-13(22)11-21)20-5-3-12-9-14(18)16-15(10-12)23-7-8-24-16/h9-10,13,22H,2-8,11H2,1H3,(H,19,20)/t13-/m1/s1. The molecule has 3 rings (SSSR count). The second kappa shape index (κ2) is 7.94. The van der Waals surface area contributed by atoms with Gasteiger partial charge in [-0.25, -0.2) is 0 Å². The van der Waals surface area contributed by atoms with Gasteiger partial charge >= 0.3 is 0 Å². The number of likely N-dealkylation sites (tertiary alicyclic amines) is 1. The smallest absolute Gasteiger partial charge is 0.194 e.